The van der Waals surface area contributed by atoms with Crippen molar-refractivity contribution in [1.82, 2.24) is 0 Å². The number of thioether (sulfide) groups is 1. The molecule has 1 aromatic carbocycles. The van der Waals surface area contributed by atoms with Crippen molar-refractivity contribution in [3.63, 3.8) is 0 Å². The molecule has 0 bridgehead atoms. The minimum Gasteiger partial charge on any atom is -0.396 e. The number of aliphatic hydroxyl groups excluding tert-OH is 1. The fraction of sp³-hybridized carbons (Fsp3) is 0.333. The molecule has 1 atom stereocenters. The number of carbonyl (C=O) groups excluding carboxylic acids is 1. The third-order valence-electron chi connectivity index (χ3n) is 2.84. The van der Waals surface area contributed by atoms with Gasteiger partial charge in [-0.05, 0) is 30.0 Å². The Morgan fingerprint density at radius 2 is 2.39 bits per heavy atom. The van der Waals surface area contributed by atoms with Crippen LogP contribution in [-0.4, -0.2) is 24.2 Å². The van der Waals surface area contributed by atoms with Crippen molar-refractivity contribution in [2.75, 3.05) is 18.1 Å². The summed E-state index contributed by atoms with van der Waals surface area (Å²) in [6, 6.07) is 5.17. The molecule has 1 amide bonds. The molecular formula is C12H11ClN2O2S. The van der Waals surface area contributed by atoms with E-state index in [0.29, 0.717) is 23.7 Å². The summed E-state index contributed by atoms with van der Waals surface area (Å²) < 4.78 is 0. The van der Waals surface area contributed by atoms with E-state index in [-0.39, 0.29) is 18.4 Å². The summed E-state index contributed by atoms with van der Waals surface area (Å²) in [6.45, 7) is 0.488. The predicted molar refractivity (Wildman–Crippen MR) is 70.5 cm³/mol. The van der Waals surface area contributed by atoms with Crippen LogP contribution < -0.4 is 4.90 Å². The summed E-state index contributed by atoms with van der Waals surface area (Å²) in [4.78, 5) is 14.1. The minimum atomic E-state index is -0.0309. The molecular weight excluding hydrogens is 272 g/mol. The number of nitriles is 1. The van der Waals surface area contributed by atoms with Crippen LogP contribution in [0.5, 0.6) is 0 Å². The standard InChI is InChI=1S/C12H11ClN2O2S/c13-10-4-9(18-7-14)1-2-11(10)15-5-8(6-16)3-12(15)17/h1-2,4,8,16H,3,5-6H2. The van der Waals surface area contributed by atoms with Gasteiger partial charge in [-0.15, -0.1) is 0 Å². The molecule has 1 heterocycles. The number of hydrogen-bond acceptors (Lipinski definition) is 4. The second-order valence-electron chi connectivity index (χ2n) is 4.06. The first kappa shape index (κ1) is 13.2. The second kappa shape index (κ2) is 5.61. The smallest absolute Gasteiger partial charge is 0.227 e. The fourth-order valence-electron chi connectivity index (χ4n) is 1.96. The summed E-state index contributed by atoms with van der Waals surface area (Å²) in [7, 11) is 0. The van der Waals surface area contributed by atoms with Gasteiger partial charge in [0.2, 0.25) is 5.91 Å². The molecule has 0 saturated carbocycles. The number of thiocyanates is 1. The third kappa shape index (κ3) is 2.61. The lowest BCUT2D eigenvalue weighted by molar-refractivity contribution is -0.117. The molecule has 1 aromatic rings. The van der Waals surface area contributed by atoms with E-state index in [2.05, 4.69) is 0 Å². The van der Waals surface area contributed by atoms with Crippen LogP contribution in [-0.2, 0) is 4.79 Å². The summed E-state index contributed by atoms with van der Waals surface area (Å²) >= 11 is 7.15. The minimum absolute atomic E-state index is 0.00221. The highest BCUT2D eigenvalue weighted by Gasteiger charge is 2.31. The first-order chi connectivity index (χ1) is 8.65. The van der Waals surface area contributed by atoms with Gasteiger partial charge >= 0.3 is 0 Å². The van der Waals surface area contributed by atoms with Crippen LogP contribution in [0.1, 0.15) is 6.42 Å². The van der Waals surface area contributed by atoms with E-state index in [0.717, 1.165) is 16.7 Å². The number of carbonyl (C=O) groups is 1. The quantitative estimate of drug-likeness (QED) is 0.682. The van der Waals surface area contributed by atoms with E-state index in [9.17, 15) is 4.79 Å². The Bertz CT molecular complexity index is 515. The molecule has 2 rings (SSSR count). The lowest BCUT2D eigenvalue weighted by Gasteiger charge is -2.18. The maximum Gasteiger partial charge on any atom is 0.227 e. The zero-order chi connectivity index (χ0) is 13.1. The molecule has 94 valence electrons. The fourth-order valence-corrected chi connectivity index (χ4v) is 2.72. The lowest BCUT2D eigenvalue weighted by atomic mass is 10.1. The zero-order valence-corrected chi connectivity index (χ0v) is 11.0. The van der Waals surface area contributed by atoms with E-state index < -0.39 is 0 Å². The highest BCUT2D eigenvalue weighted by Crippen LogP contribution is 2.33. The van der Waals surface area contributed by atoms with Crippen LogP contribution >= 0.6 is 23.4 Å². The SMILES string of the molecule is N#CSc1ccc(N2CC(CO)CC2=O)c(Cl)c1. The Hall–Kier alpha value is -1.22. The molecule has 4 nitrogen and oxygen atoms in total. The second-order valence-corrected chi connectivity index (χ2v) is 5.33. The van der Waals surface area contributed by atoms with Crippen molar-refractivity contribution in [2.24, 2.45) is 5.92 Å². The number of rotatable bonds is 3. The van der Waals surface area contributed by atoms with Crippen molar-refractivity contribution < 1.29 is 9.90 Å². The molecule has 0 radical (unpaired) electrons. The maximum atomic E-state index is 11.8. The summed E-state index contributed by atoms with van der Waals surface area (Å²) in [5.41, 5.74) is 0.639. The van der Waals surface area contributed by atoms with Crippen LogP contribution in [0, 0.1) is 16.6 Å². The molecule has 6 heteroatoms. The van der Waals surface area contributed by atoms with Crippen LogP contribution in [0.4, 0.5) is 5.69 Å². The Morgan fingerprint density at radius 3 is 2.94 bits per heavy atom. The molecule has 1 aliphatic heterocycles. The number of amides is 1. The van der Waals surface area contributed by atoms with E-state index >= 15 is 0 Å². The van der Waals surface area contributed by atoms with E-state index in [1.165, 1.54) is 0 Å². The highest BCUT2D eigenvalue weighted by atomic mass is 35.5. The Labute approximate surface area is 114 Å². The summed E-state index contributed by atoms with van der Waals surface area (Å²) in [6.07, 6.45) is 0.349. The monoisotopic (exact) mass is 282 g/mol. The predicted octanol–water partition coefficient (Wildman–Crippen LogP) is 2.26. The van der Waals surface area contributed by atoms with Gasteiger partial charge in [0, 0.05) is 30.4 Å². The molecule has 1 aliphatic rings. The van der Waals surface area contributed by atoms with E-state index in [1.807, 2.05) is 5.40 Å². The molecule has 1 unspecified atom stereocenters. The lowest BCUT2D eigenvalue weighted by Crippen LogP contribution is -2.25. The van der Waals surface area contributed by atoms with Gasteiger partial charge in [0.15, 0.2) is 0 Å². The van der Waals surface area contributed by atoms with Gasteiger partial charge in [-0.25, -0.2) is 0 Å². The van der Waals surface area contributed by atoms with Gasteiger partial charge in [0.05, 0.1) is 10.7 Å². The number of aliphatic hydroxyl groups is 1. The first-order valence-electron chi connectivity index (χ1n) is 5.42. The molecule has 0 aliphatic carbocycles. The van der Waals surface area contributed by atoms with Gasteiger partial charge in [-0.3, -0.25) is 4.79 Å². The van der Waals surface area contributed by atoms with Crippen LogP contribution in [0.2, 0.25) is 5.02 Å². The molecule has 0 spiro atoms. The summed E-state index contributed by atoms with van der Waals surface area (Å²) in [5.74, 6) is -0.0571. The molecule has 0 aromatic heterocycles. The Balaban J connectivity index is 2.24. The molecule has 1 N–H and O–H groups in total. The highest BCUT2D eigenvalue weighted by molar-refractivity contribution is 8.03. The van der Waals surface area contributed by atoms with Crippen LogP contribution in [0.3, 0.4) is 0 Å². The number of benzene rings is 1. The van der Waals surface area contributed by atoms with E-state index in [1.54, 1.807) is 23.1 Å². The number of halogens is 1. The van der Waals surface area contributed by atoms with Gasteiger partial charge in [0.1, 0.15) is 5.40 Å². The zero-order valence-electron chi connectivity index (χ0n) is 9.47. The van der Waals surface area contributed by atoms with Gasteiger partial charge in [-0.2, -0.15) is 5.26 Å². The van der Waals surface area contributed by atoms with Crippen molar-refractivity contribution in [3.05, 3.63) is 23.2 Å². The number of anilines is 1. The molecule has 1 saturated heterocycles. The topological polar surface area (TPSA) is 64.3 Å². The summed E-state index contributed by atoms with van der Waals surface area (Å²) in [5, 5.41) is 20.1. The van der Waals surface area contributed by atoms with E-state index in [4.69, 9.17) is 22.0 Å². The van der Waals surface area contributed by atoms with Gasteiger partial charge < -0.3 is 10.0 Å². The van der Waals surface area contributed by atoms with Crippen molar-refractivity contribution in [3.8, 4) is 5.40 Å². The maximum absolute atomic E-state index is 11.8. The first-order valence-corrected chi connectivity index (χ1v) is 6.62. The van der Waals surface area contributed by atoms with Crippen molar-refractivity contribution in [2.45, 2.75) is 11.3 Å². The Kier molecular flexibility index (Phi) is 4.12. The number of hydrogen-bond donors (Lipinski definition) is 1. The Morgan fingerprint density at radius 1 is 1.61 bits per heavy atom. The average molecular weight is 283 g/mol. The van der Waals surface area contributed by atoms with Crippen LogP contribution in [0.15, 0.2) is 23.1 Å². The van der Waals surface area contributed by atoms with Gasteiger partial charge in [-0.1, -0.05) is 11.6 Å². The van der Waals surface area contributed by atoms with Crippen molar-refractivity contribution in [1.29, 1.82) is 5.26 Å². The largest absolute Gasteiger partial charge is 0.396 e. The third-order valence-corrected chi connectivity index (χ3v) is 3.72. The molecule has 1 fully saturated rings. The van der Waals surface area contributed by atoms with Crippen molar-refractivity contribution >= 4 is 35.0 Å². The molecule has 18 heavy (non-hydrogen) atoms. The van der Waals surface area contributed by atoms with Crippen LogP contribution in [0.25, 0.3) is 0 Å². The number of nitrogens with zero attached hydrogens (tertiary/aromatic N) is 2. The average Bonchev–Trinajstić information content (AvgIpc) is 2.71. The van der Waals surface area contributed by atoms with Gasteiger partial charge in [0.25, 0.3) is 0 Å². The normalized spacial score (nSPS) is 19.1.